The maximum Gasteiger partial charge on any atom is 0.255 e. The van der Waals surface area contributed by atoms with E-state index < -0.39 is 6.10 Å². The molecular formula is C15H22N2O3. The molecule has 0 aromatic heterocycles. The third-order valence-electron chi connectivity index (χ3n) is 3.30. The van der Waals surface area contributed by atoms with Gasteiger partial charge in [0.2, 0.25) is 0 Å². The van der Waals surface area contributed by atoms with E-state index in [1.165, 1.54) is 0 Å². The Morgan fingerprint density at radius 1 is 1.40 bits per heavy atom. The second kappa shape index (κ2) is 7.38. The molecule has 0 radical (unpaired) electrons. The molecule has 1 aliphatic heterocycles. The highest BCUT2D eigenvalue weighted by Crippen LogP contribution is 2.22. The first-order valence-corrected chi connectivity index (χ1v) is 7.05. The van der Waals surface area contributed by atoms with E-state index in [-0.39, 0.29) is 11.9 Å². The number of hydrogen-bond donors (Lipinski definition) is 2. The van der Waals surface area contributed by atoms with Crippen LogP contribution in [0.1, 0.15) is 25.5 Å². The second-order valence-electron chi connectivity index (χ2n) is 4.79. The number of nitrogens with one attached hydrogen (secondary N) is 2. The molecule has 1 saturated heterocycles. The molecule has 1 aromatic carbocycles. The standard InChI is InChI=1S/C15H22N2O3/c1-3-16-11(2)12-6-4-5-7-13(12)17-15(18)14-10-19-8-9-20-14/h4-7,11,14,16H,3,8-10H2,1-2H3,(H,17,18). The van der Waals surface area contributed by atoms with E-state index in [0.717, 1.165) is 17.8 Å². The van der Waals surface area contributed by atoms with Crippen molar-refractivity contribution >= 4 is 11.6 Å². The minimum atomic E-state index is -0.522. The minimum Gasteiger partial charge on any atom is -0.376 e. The van der Waals surface area contributed by atoms with E-state index in [2.05, 4.69) is 24.5 Å². The summed E-state index contributed by atoms with van der Waals surface area (Å²) in [5.74, 6) is -0.152. The van der Waals surface area contributed by atoms with Gasteiger partial charge in [0.05, 0.1) is 19.8 Å². The zero-order valence-electron chi connectivity index (χ0n) is 12.0. The fraction of sp³-hybridized carbons (Fsp3) is 0.533. The van der Waals surface area contributed by atoms with Gasteiger partial charge >= 0.3 is 0 Å². The normalized spacial score (nSPS) is 20.4. The van der Waals surface area contributed by atoms with Gasteiger partial charge in [-0.3, -0.25) is 4.79 Å². The lowest BCUT2D eigenvalue weighted by Gasteiger charge is -2.23. The van der Waals surface area contributed by atoms with Crippen LogP contribution in [0.4, 0.5) is 5.69 Å². The van der Waals surface area contributed by atoms with E-state index in [4.69, 9.17) is 9.47 Å². The summed E-state index contributed by atoms with van der Waals surface area (Å²) in [5, 5.41) is 6.28. The van der Waals surface area contributed by atoms with E-state index in [1.54, 1.807) is 0 Å². The molecule has 20 heavy (non-hydrogen) atoms. The number of benzene rings is 1. The lowest BCUT2D eigenvalue weighted by molar-refractivity contribution is -0.142. The van der Waals surface area contributed by atoms with Crippen molar-refractivity contribution in [1.29, 1.82) is 0 Å². The summed E-state index contributed by atoms with van der Waals surface area (Å²) in [7, 11) is 0. The predicted octanol–water partition coefficient (Wildman–Crippen LogP) is 1.71. The third kappa shape index (κ3) is 3.79. The third-order valence-corrected chi connectivity index (χ3v) is 3.30. The van der Waals surface area contributed by atoms with Gasteiger partial charge in [-0.25, -0.2) is 0 Å². The average Bonchev–Trinajstić information content (AvgIpc) is 2.49. The van der Waals surface area contributed by atoms with Gasteiger partial charge in [0.15, 0.2) is 6.10 Å². The molecule has 0 bridgehead atoms. The molecule has 1 amide bonds. The van der Waals surface area contributed by atoms with Crippen molar-refractivity contribution in [3.8, 4) is 0 Å². The lowest BCUT2D eigenvalue weighted by Crippen LogP contribution is -2.39. The summed E-state index contributed by atoms with van der Waals surface area (Å²) in [6.07, 6.45) is -0.522. The summed E-state index contributed by atoms with van der Waals surface area (Å²) in [6.45, 7) is 6.35. The number of carbonyl (C=O) groups is 1. The first-order chi connectivity index (χ1) is 9.72. The number of anilines is 1. The zero-order chi connectivity index (χ0) is 14.4. The molecule has 2 N–H and O–H groups in total. The Balaban J connectivity index is 2.06. The fourth-order valence-electron chi connectivity index (χ4n) is 2.26. The highest BCUT2D eigenvalue weighted by atomic mass is 16.6. The minimum absolute atomic E-state index is 0.152. The van der Waals surface area contributed by atoms with Crippen LogP contribution in [0, 0.1) is 0 Å². The van der Waals surface area contributed by atoms with Crippen LogP contribution in [0.3, 0.4) is 0 Å². The van der Waals surface area contributed by atoms with Crippen molar-refractivity contribution in [1.82, 2.24) is 5.32 Å². The molecule has 1 aromatic rings. The summed E-state index contributed by atoms with van der Waals surface area (Å²) in [5.41, 5.74) is 1.89. The highest BCUT2D eigenvalue weighted by Gasteiger charge is 2.23. The first kappa shape index (κ1) is 15.0. The van der Waals surface area contributed by atoms with Crippen LogP contribution in [-0.4, -0.2) is 38.4 Å². The Hall–Kier alpha value is -1.43. The Bertz CT molecular complexity index is 444. The smallest absolute Gasteiger partial charge is 0.255 e. The van der Waals surface area contributed by atoms with Gasteiger partial charge in [-0.05, 0) is 25.1 Å². The van der Waals surface area contributed by atoms with E-state index >= 15 is 0 Å². The molecule has 1 heterocycles. The molecule has 0 aliphatic carbocycles. The highest BCUT2D eigenvalue weighted by molar-refractivity contribution is 5.95. The topological polar surface area (TPSA) is 59.6 Å². The van der Waals surface area contributed by atoms with Crippen molar-refractivity contribution in [3.05, 3.63) is 29.8 Å². The first-order valence-electron chi connectivity index (χ1n) is 7.05. The Morgan fingerprint density at radius 3 is 2.90 bits per heavy atom. The Kier molecular flexibility index (Phi) is 5.52. The van der Waals surface area contributed by atoms with Crippen LogP contribution in [0.5, 0.6) is 0 Å². The van der Waals surface area contributed by atoms with Crippen LogP contribution in [0.15, 0.2) is 24.3 Å². The van der Waals surface area contributed by atoms with E-state index in [1.807, 2.05) is 24.3 Å². The van der Waals surface area contributed by atoms with Gasteiger partial charge in [-0.15, -0.1) is 0 Å². The molecular weight excluding hydrogens is 256 g/mol. The van der Waals surface area contributed by atoms with Crippen molar-refractivity contribution < 1.29 is 14.3 Å². The maximum atomic E-state index is 12.2. The Morgan fingerprint density at radius 2 is 2.20 bits per heavy atom. The van der Waals surface area contributed by atoms with Crippen LogP contribution in [0.25, 0.3) is 0 Å². The summed E-state index contributed by atoms with van der Waals surface area (Å²) in [6, 6.07) is 7.99. The van der Waals surface area contributed by atoms with Gasteiger partial charge in [0, 0.05) is 11.7 Å². The van der Waals surface area contributed by atoms with Crippen LogP contribution < -0.4 is 10.6 Å². The molecule has 110 valence electrons. The van der Waals surface area contributed by atoms with Crippen molar-refractivity contribution in [3.63, 3.8) is 0 Å². The van der Waals surface area contributed by atoms with Crippen LogP contribution >= 0.6 is 0 Å². The number of para-hydroxylation sites is 1. The molecule has 2 unspecified atom stereocenters. The largest absolute Gasteiger partial charge is 0.376 e. The number of amides is 1. The molecule has 2 atom stereocenters. The predicted molar refractivity (Wildman–Crippen MR) is 77.7 cm³/mol. The number of hydrogen-bond acceptors (Lipinski definition) is 4. The Labute approximate surface area is 119 Å². The van der Waals surface area contributed by atoms with Gasteiger partial charge in [0.1, 0.15) is 0 Å². The SMILES string of the molecule is CCNC(C)c1ccccc1NC(=O)C1COCCO1. The van der Waals surface area contributed by atoms with Gasteiger partial charge in [0.25, 0.3) is 5.91 Å². The average molecular weight is 278 g/mol. The van der Waals surface area contributed by atoms with Crippen molar-refractivity contribution in [2.75, 3.05) is 31.7 Å². The monoisotopic (exact) mass is 278 g/mol. The molecule has 0 spiro atoms. The zero-order valence-corrected chi connectivity index (χ0v) is 12.0. The second-order valence-corrected chi connectivity index (χ2v) is 4.79. The van der Waals surface area contributed by atoms with Gasteiger partial charge in [-0.2, -0.15) is 0 Å². The molecule has 5 heteroatoms. The van der Waals surface area contributed by atoms with Crippen LogP contribution in [-0.2, 0) is 14.3 Å². The molecule has 0 saturated carbocycles. The summed E-state index contributed by atoms with van der Waals surface area (Å²) in [4.78, 5) is 12.2. The van der Waals surface area contributed by atoms with Crippen LogP contribution in [0.2, 0.25) is 0 Å². The summed E-state index contributed by atoms with van der Waals surface area (Å²) < 4.78 is 10.7. The maximum absolute atomic E-state index is 12.2. The molecule has 2 rings (SSSR count). The quantitative estimate of drug-likeness (QED) is 0.861. The summed E-state index contributed by atoms with van der Waals surface area (Å²) >= 11 is 0. The lowest BCUT2D eigenvalue weighted by atomic mass is 10.1. The van der Waals surface area contributed by atoms with Crippen molar-refractivity contribution in [2.45, 2.75) is 26.0 Å². The van der Waals surface area contributed by atoms with E-state index in [0.29, 0.717) is 19.8 Å². The molecule has 1 aliphatic rings. The molecule has 1 fully saturated rings. The van der Waals surface area contributed by atoms with Gasteiger partial charge < -0.3 is 20.1 Å². The van der Waals surface area contributed by atoms with Crippen molar-refractivity contribution in [2.24, 2.45) is 0 Å². The fourth-order valence-corrected chi connectivity index (χ4v) is 2.26. The number of ether oxygens (including phenoxy) is 2. The van der Waals surface area contributed by atoms with E-state index in [9.17, 15) is 4.79 Å². The number of rotatable bonds is 5. The van der Waals surface area contributed by atoms with Gasteiger partial charge in [-0.1, -0.05) is 25.1 Å². The molecule has 5 nitrogen and oxygen atoms in total. The number of carbonyl (C=O) groups excluding carboxylic acids is 1.